The van der Waals surface area contributed by atoms with Gasteiger partial charge in [-0.15, -0.1) is 11.3 Å². The summed E-state index contributed by atoms with van der Waals surface area (Å²) < 4.78 is 0. The molecule has 110 valence electrons. The molecule has 0 unspecified atom stereocenters. The Morgan fingerprint density at radius 3 is 2.71 bits per heavy atom. The van der Waals surface area contributed by atoms with Crippen LogP contribution in [0.3, 0.4) is 0 Å². The molecule has 2 aromatic rings. The number of thiazole rings is 1. The van der Waals surface area contributed by atoms with Gasteiger partial charge in [-0.2, -0.15) is 0 Å². The van der Waals surface area contributed by atoms with Crippen LogP contribution in [0.4, 0.5) is 10.8 Å². The number of anilines is 2. The maximum absolute atomic E-state index is 12.6. The molecule has 1 amide bonds. The van der Waals surface area contributed by atoms with Gasteiger partial charge >= 0.3 is 0 Å². The highest BCUT2D eigenvalue weighted by molar-refractivity contribution is 7.13. The molecule has 1 aliphatic rings. The molecule has 0 spiro atoms. The SMILES string of the molecule is O=C(c1cccc(Nc2nccs2)c1)N1CCCCCC1. The quantitative estimate of drug-likeness (QED) is 0.935. The number of benzene rings is 1. The van der Waals surface area contributed by atoms with E-state index in [1.165, 1.54) is 12.8 Å². The van der Waals surface area contributed by atoms with Crippen molar-refractivity contribution in [3.05, 3.63) is 41.4 Å². The average Bonchev–Trinajstić information content (AvgIpc) is 2.87. The van der Waals surface area contributed by atoms with Gasteiger partial charge in [-0.25, -0.2) is 4.98 Å². The molecule has 1 aliphatic heterocycles. The lowest BCUT2D eigenvalue weighted by molar-refractivity contribution is 0.0761. The molecule has 1 aromatic heterocycles. The van der Waals surface area contributed by atoms with Crippen LogP contribution in [0.5, 0.6) is 0 Å². The Bertz CT molecular complexity index is 589. The third-order valence-corrected chi connectivity index (χ3v) is 4.37. The lowest BCUT2D eigenvalue weighted by Crippen LogP contribution is -2.31. The van der Waals surface area contributed by atoms with E-state index < -0.39 is 0 Å². The van der Waals surface area contributed by atoms with Crippen molar-refractivity contribution in [2.75, 3.05) is 18.4 Å². The summed E-state index contributed by atoms with van der Waals surface area (Å²) in [6, 6.07) is 7.68. The van der Waals surface area contributed by atoms with E-state index in [-0.39, 0.29) is 5.91 Å². The number of hydrogen-bond donors (Lipinski definition) is 1. The van der Waals surface area contributed by atoms with E-state index in [1.54, 1.807) is 17.5 Å². The molecule has 0 saturated carbocycles. The van der Waals surface area contributed by atoms with Crippen LogP contribution in [-0.4, -0.2) is 28.9 Å². The van der Waals surface area contributed by atoms with Crippen LogP contribution < -0.4 is 5.32 Å². The average molecular weight is 301 g/mol. The molecule has 1 fully saturated rings. The standard InChI is InChI=1S/C16H19N3OS/c20-15(19-9-3-1-2-4-10-19)13-6-5-7-14(12-13)18-16-17-8-11-21-16/h5-8,11-12H,1-4,9-10H2,(H,17,18). The van der Waals surface area contributed by atoms with Crippen LogP contribution >= 0.6 is 11.3 Å². The summed E-state index contributed by atoms with van der Waals surface area (Å²) in [4.78, 5) is 18.8. The molecule has 0 atom stereocenters. The van der Waals surface area contributed by atoms with E-state index in [1.807, 2.05) is 34.5 Å². The molecular formula is C16H19N3OS. The lowest BCUT2D eigenvalue weighted by Gasteiger charge is -2.20. The Balaban J connectivity index is 1.73. The van der Waals surface area contributed by atoms with Crippen LogP contribution in [0, 0.1) is 0 Å². The minimum absolute atomic E-state index is 0.139. The Labute approximate surface area is 128 Å². The Hall–Kier alpha value is -1.88. The van der Waals surface area contributed by atoms with Gasteiger partial charge in [0, 0.05) is 35.9 Å². The number of nitrogens with zero attached hydrogens (tertiary/aromatic N) is 2. The molecule has 0 radical (unpaired) electrons. The van der Waals surface area contributed by atoms with Crippen molar-refractivity contribution in [2.24, 2.45) is 0 Å². The molecular weight excluding hydrogens is 282 g/mol. The zero-order chi connectivity index (χ0) is 14.5. The normalized spacial score (nSPS) is 15.5. The fraction of sp³-hybridized carbons (Fsp3) is 0.375. The summed E-state index contributed by atoms with van der Waals surface area (Å²) in [6.07, 6.45) is 6.45. The fourth-order valence-corrected chi connectivity index (χ4v) is 3.14. The summed E-state index contributed by atoms with van der Waals surface area (Å²) in [5.41, 5.74) is 1.66. The van der Waals surface area contributed by atoms with Gasteiger partial charge < -0.3 is 10.2 Å². The predicted octanol–water partition coefficient (Wildman–Crippen LogP) is 3.90. The zero-order valence-corrected chi connectivity index (χ0v) is 12.7. The Morgan fingerprint density at radius 2 is 2.00 bits per heavy atom. The fourth-order valence-electron chi connectivity index (χ4n) is 2.59. The maximum atomic E-state index is 12.6. The second kappa shape index (κ2) is 6.72. The van der Waals surface area contributed by atoms with E-state index in [0.29, 0.717) is 0 Å². The van der Waals surface area contributed by atoms with Crippen molar-refractivity contribution in [3.63, 3.8) is 0 Å². The molecule has 0 aliphatic carbocycles. The van der Waals surface area contributed by atoms with Crippen LogP contribution in [0.2, 0.25) is 0 Å². The van der Waals surface area contributed by atoms with E-state index in [2.05, 4.69) is 10.3 Å². The lowest BCUT2D eigenvalue weighted by atomic mass is 10.1. The summed E-state index contributed by atoms with van der Waals surface area (Å²) in [6.45, 7) is 1.76. The Morgan fingerprint density at radius 1 is 1.19 bits per heavy atom. The van der Waals surface area contributed by atoms with E-state index >= 15 is 0 Å². The van der Waals surface area contributed by atoms with Crippen molar-refractivity contribution in [1.29, 1.82) is 0 Å². The minimum Gasteiger partial charge on any atom is -0.339 e. The maximum Gasteiger partial charge on any atom is 0.253 e. The van der Waals surface area contributed by atoms with E-state index in [4.69, 9.17) is 0 Å². The van der Waals surface area contributed by atoms with Gasteiger partial charge in [0.2, 0.25) is 0 Å². The molecule has 1 saturated heterocycles. The molecule has 3 rings (SSSR count). The minimum atomic E-state index is 0.139. The van der Waals surface area contributed by atoms with Gasteiger partial charge in [-0.3, -0.25) is 4.79 Å². The van der Waals surface area contributed by atoms with Gasteiger partial charge in [0.1, 0.15) is 0 Å². The van der Waals surface area contributed by atoms with Crippen molar-refractivity contribution >= 4 is 28.1 Å². The van der Waals surface area contributed by atoms with Crippen molar-refractivity contribution < 1.29 is 4.79 Å². The summed E-state index contributed by atoms with van der Waals surface area (Å²) in [5, 5.41) is 6.00. The number of nitrogens with one attached hydrogen (secondary N) is 1. The van der Waals surface area contributed by atoms with Crippen LogP contribution in [0.25, 0.3) is 0 Å². The molecule has 5 heteroatoms. The van der Waals surface area contributed by atoms with Gasteiger partial charge in [0.05, 0.1) is 0 Å². The molecule has 1 aromatic carbocycles. The number of hydrogen-bond acceptors (Lipinski definition) is 4. The highest BCUT2D eigenvalue weighted by Crippen LogP contribution is 2.21. The first-order chi connectivity index (χ1) is 10.3. The third-order valence-electron chi connectivity index (χ3n) is 3.69. The van der Waals surface area contributed by atoms with Crippen LogP contribution in [0.15, 0.2) is 35.8 Å². The molecule has 0 bridgehead atoms. The van der Waals surface area contributed by atoms with E-state index in [9.17, 15) is 4.79 Å². The predicted molar refractivity (Wildman–Crippen MR) is 86.2 cm³/mol. The van der Waals surface area contributed by atoms with Crippen molar-refractivity contribution in [3.8, 4) is 0 Å². The number of aromatic nitrogens is 1. The largest absolute Gasteiger partial charge is 0.339 e. The highest BCUT2D eigenvalue weighted by atomic mass is 32.1. The molecule has 2 heterocycles. The molecule has 4 nitrogen and oxygen atoms in total. The topological polar surface area (TPSA) is 45.2 Å². The van der Waals surface area contributed by atoms with Gasteiger partial charge in [0.15, 0.2) is 5.13 Å². The molecule has 21 heavy (non-hydrogen) atoms. The highest BCUT2D eigenvalue weighted by Gasteiger charge is 2.17. The summed E-state index contributed by atoms with van der Waals surface area (Å²) in [7, 11) is 0. The van der Waals surface area contributed by atoms with Gasteiger partial charge in [-0.05, 0) is 31.0 Å². The molecule has 1 N–H and O–H groups in total. The smallest absolute Gasteiger partial charge is 0.253 e. The summed E-state index contributed by atoms with van der Waals surface area (Å²) >= 11 is 1.55. The van der Waals surface area contributed by atoms with Gasteiger partial charge in [-0.1, -0.05) is 18.9 Å². The summed E-state index contributed by atoms with van der Waals surface area (Å²) in [5.74, 6) is 0.139. The number of rotatable bonds is 3. The monoisotopic (exact) mass is 301 g/mol. The first-order valence-electron chi connectivity index (χ1n) is 7.39. The first kappa shape index (κ1) is 14.1. The third kappa shape index (κ3) is 3.61. The van der Waals surface area contributed by atoms with Crippen molar-refractivity contribution in [2.45, 2.75) is 25.7 Å². The second-order valence-corrected chi connectivity index (χ2v) is 6.14. The van der Waals surface area contributed by atoms with Crippen LogP contribution in [-0.2, 0) is 0 Å². The van der Waals surface area contributed by atoms with E-state index in [0.717, 1.165) is 42.3 Å². The Kier molecular flexibility index (Phi) is 4.50. The zero-order valence-electron chi connectivity index (χ0n) is 11.9. The number of carbonyl (C=O) groups excluding carboxylic acids is 1. The number of likely N-dealkylation sites (tertiary alicyclic amines) is 1. The number of amides is 1. The number of carbonyl (C=O) groups is 1. The second-order valence-electron chi connectivity index (χ2n) is 5.25. The van der Waals surface area contributed by atoms with Crippen molar-refractivity contribution in [1.82, 2.24) is 9.88 Å². The van der Waals surface area contributed by atoms with Gasteiger partial charge in [0.25, 0.3) is 5.91 Å². The van der Waals surface area contributed by atoms with Crippen LogP contribution in [0.1, 0.15) is 36.0 Å². The first-order valence-corrected chi connectivity index (χ1v) is 8.27.